The number of amides is 1. The van der Waals surface area contributed by atoms with Crippen LogP contribution in [0.1, 0.15) is 0 Å². The smallest absolute Gasteiger partial charge is 0.236 e. The fourth-order valence-electron chi connectivity index (χ4n) is 0.903. The SMILES string of the molecule is NC(=O)CNc1c(N)cccc1Cl. The minimum atomic E-state index is -0.459. The summed E-state index contributed by atoms with van der Waals surface area (Å²) in [5.41, 5.74) is 11.6. The third-order valence-electron chi connectivity index (χ3n) is 1.49. The molecule has 70 valence electrons. The van der Waals surface area contributed by atoms with E-state index in [1.807, 2.05) is 0 Å². The molecule has 0 spiro atoms. The quantitative estimate of drug-likeness (QED) is 0.631. The van der Waals surface area contributed by atoms with Crippen LogP contribution in [0, 0.1) is 0 Å². The lowest BCUT2D eigenvalue weighted by Gasteiger charge is -2.08. The second-order valence-corrected chi connectivity index (χ2v) is 2.93. The third-order valence-corrected chi connectivity index (χ3v) is 1.80. The normalized spacial score (nSPS) is 9.62. The third kappa shape index (κ3) is 2.52. The highest BCUT2D eigenvalue weighted by atomic mass is 35.5. The van der Waals surface area contributed by atoms with Crippen molar-refractivity contribution in [2.45, 2.75) is 0 Å². The van der Waals surface area contributed by atoms with Gasteiger partial charge in [0, 0.05) is 0 Å². The van der Waals surface area contributed by atoms with Gasteiger partial charge in [0.05, 0.1) is 22.9 Å². The van der Waals surface area contributed by atoms with E-state index in [0.717, 1.165) is 0 Å². The molecule has 0 saturated heterocycles. The van der Waals surface area contributed by atoms with Crippen LogP contribution in [0.5, 0.6) is 0 Å². The zero-order valence-corrected chi connectivity index (χ0v) is 7.64. The number of para-hydroxylation sites is 1. The molecular formula is C8H10ClN3O. The first-order valence-corrected chi connectivity index (χ1v) is 4.05. The molecule has 0 aliphatic rings. The van der Waals surface area contributed by atoms with Gasteiger partial charge in [-0.15, -0.1) is 0 Å². The number of halogens is 1. The van der Waals surface area contributed by atoms with E-state index in [2.05, 4.69) is 5.32 Å². The summed E-state index contributed by atoms with van der Waals surface area (Å²) >= 11 is 5.82. The predicted octanol–water partition coefficient (Wildman–Crippen LogP) is 0.819. The number of nitrogen functional groups attached to an aromatic ring is 1. The van der Waals surface area contributed by atoms with Crippen LogP contribution in [0.15, 0.2) is 18.2 Å². The highest BCUT2D eigenvalue weighted by Gasteiger charge is 2.03. The molecule has 0 bridgehead atoms. The standard InChI is InChI=1S/C8H10ClN3O/c9-5-2-1-3-6(10)8(5)12-4-7(11)13/h1-3,12H,4,10H2,(H2,11,13). The monoisotopic (exact) mass is 199 g/mol. The molecule has 1 aromatic carbocycles. The molecule has 4 nitrogen and oxygen atoms in total. The van der Waals surface area contributed by atoms with Crippen LogP contribution in [0.4, 0.5) is 11.4 Å². The van der Waals surface area contributed by atoms with E-state index >= 15 is 0 Å². The molecule has 0 unspecified atom stereocenters. The van der Waals surface area contributed by atoms with Crippen LogP contribution in [-0.2, 0) is 4.79 Å². The van der Waals surface area contributed by atoms with Crippen molar-refractivity contribution < 1.29 is 4.79 Å². The number of carbonyl (C=O) groups is 1. The Morgan fingerprint density at radius 1 is 1.54 bits per heavy atom. The van der Waals surface area contributed by atoms with E-state index in [1.165, 1.54) is 0 Å². The summed E-state index contributed by atoms with van der Waals surface area (Å²) in [6.07, 6.45) is 0. The van der Waals surface area contributed by atoms with Gasteiger partial charge < -0.3 is 16.8 Å². The van der Waals surface area contributed by atoms with E-state index in [0.29, 0.717) is 16.4 Å². The molecule has 0 aromatic heterocycles. The van der Waals surface area contributed by atoms with Gasteiger partial charge in [0.25, 0.3) is 0 Å². The van der Waals surface area contributed by atoms with Crippen LogP contribution < -0.4 is 16.8 Å². The van der Waals surface area contributed by atoms with Crippen molar-refractivity contribution in [1.29, 1.82) is 0 Å². The number of rotatable bonds is 3. The zero-order valence-electron chi connectivity index (χ0n) is 6.88. The molecular weight excluding hydrogens is 190 g/mol. The molecule has 0 aliphatic heterocycles. The Labute approximate surface area is 80.9 Å². The number of primary amides is 1. The second kappa shape index (κ2) is 4.00. The lowest BCUT2D eigenvalue weighted by Crippen LogP contribution is -2.22. The van der Waals surface area contributed by atoms with Crippen molar-refractivity contribution in [3.8, 4) is 0 Å². The Morgan fingerprint density at radius 3 is 2.77 bits per heavy atom. The number of nitrogens with two attached hydrogens (primary N) is 2. The molecule has 5 N–H and O–H groups in total. The van der Waals surface area contributed by atoms with E-state index in [1.54, 1.807) is 18.2 Å². The van der Waals surface area contributed by atoms with Crippen LogP contribution in [-0.4, -0.2) is 12.5 Å². The Morgan fingerprint density at radius 2 is 2.23 bits per heavy atom. The van der Waals surface area contributed by atoms with Crippen LogP contribution in [0.25, 0.3) is 0 Å². The average molecular weight is 200 g/mol. The average Bonchev–Trinajstić information content (AvgIpc) is 2.03. The van der Waals surface area contributed by atoms with Crippen molar-refractivity contribution in [3.63, 3.8) is 0 Å². The number of benzene rings is 1. The first kappa shape index (κ1) is 9.67. The van der Waals surface area contributed by atoms with Gasteiger partial charge in [-0.25, -0.2) is 0 Å². The molecule has 0 fully saturated rings. The molecule has 0 atom stereocenters. The molecule has 1 amide bonds. The summed E-state index contributed by atoms with van der Waals surface area (Å²) in [4.78, 5) is 10.5. The summed E-state index contributed by atoms with van der Waals surface area (Å²) in [7, 11) is 0. The van der Waals surface area contributed by atoms with Crippen molar-refractivity contribution in [3.05, 3.63) is 23.2 Å². The van der Waals surface area contributed by atoms with E-state index < -0.39 is 5.91 Å². The van der Waals surface area contributed by atoms with Gasteiger partial charge in [0.15, 0.2) is 0 Å². The fourth-order valence-corrected chi connectivity index (χ4v) is 1.15. The van der Waals surface area contributed by atoms with Gasteiger partial charge in [0.1, 0.15) is 0 Å². The Bertz CT molecular complexity index is 307. The van der Waals surface area contributed by atoms with Crippen LogP contribution >= 0.6 is 11.6 Å². The van der Waals surface area contributed by atoms with Crippen molar-refractivity contribution in [2.75, 3.05) is 17.6 Å². The molecule has 1 rings (SSSR count). The lowest BCUT2D eigenvalue weighted by atomic mass is 10.2. The minimum absolute atomic E-state index is 0.0218. The minimum Gasteiger partial charge on any atom is -0.397 e. The number of anilines is 2. The van der Waals surface area contributed by atoms with Gasteiger partial charge in [-0.05, 0) is 12.1 Å². The topological polar surface area (TPSA) is 81.1 Å². The maximum Gasteiger partial charge on any atom is 0.236 e. The summed E-state index contributed by atoms with van der Waals surface area (Å²) in [5, 5.41) is 3.22. The highest BCUT2D eigenvalue weighted by molar-refractivity contribution is 6.33. The largest absolute Gasteiger partial charge is 0.397 e. The fraction of sp³-hybridized carbons (Fsp3) is 0.125. The number of hydrogen-bond acceptors (Lipinski definition) is 3. The van der Waals surface area contributed by atoms with E-state index in [-0.39, 0.29) is 6.54 Å². The van der Waals surface area contributed by atoms with Crippen LogP contribution in [0.2, 0.25) is 5.02 Å². The van der Waals surface area contributed by atoms with E-state index in [4.69, 9.17) is 23.1 Å². The van der Waals surface area contributed by atoms with Gasteiger partial charge >= 0.3 is 0 Å². The van der Waals surface area contributed by atoms with E-state index in [9.17, 15) is 4.79 Å². The molecule has 13 heavy (non-hydrogen) atoms. The number of carbonyl (C=O) groups excluding carboxylic acids is 1. The van der Waals surface area contributed by atoms with Gasteiger partial charge in [-0.1, -0.05) is 17.7 Å². The second-order valence-electron chi connectivity index (χ2n) is 2.52. The summed E-state index contributed by atoms with van der Waals surface area (Å²) < 4.78 is 0. The number of hydrogen-bond donors (Lipinski definition) is 3. The number of nitrogens with one attached hydrogen (secondary N) is 1. The summed E-state index contributed by atoms with van der Waals surface area (Å²) in [5.74, 6) is -0.459. The van der Waals surface area contributed by atoms with Crippen LogP contribution in [0.3, 0.4) is 0 Å². The van der Waals surface area contributed by atoms with Crippen molar-refractivity contribution in [1.82, 2.24) is 0 Å². The summed E-state index contributed by atoms with van der Waals surface area (Å²) in [6, 6.07) is 5.10. The highest BCUT2D eigenvalue weighted by Crippen LogP contribution is 2.27. The lowest BCUT2D eigenvalue weighted by molar-refractivity contribution is -0.116. The van der Waals surface area contributed by atoms with Gasteiger partial charge in [-0.3, -0.25) is 4.79 Å². The summed E-state index contributed by atoms with van der Waals surface area (Å²) in [6.45, 7) is 0.0218. The maximum absolute atomic E-state index is 10.5. The molecule has 0 heterocycles. The predicted molar refractivity (Wildman–Crippen MR) is 53.5 cm³/mol. The van der Waals surface area contributed by atoms with Gasteiger partial charge in [-0.2, -0.15) is 0 Å². The molecule has 5 heteroatoms. The Balaban J connectivity index is 2.81. The Hall–Kier alpha value is -1.42. The Kier molecular flexibility index (Phi) is 2.97. The first-order valence-electron chi connectivity index (χ1n) is 3.67. The first-order chi connectivity index (χ1) is 6.11. The molecule has 0 aliphatic carbocycles. The zero-order chi connectivity index (χ0) is 9.84. The van der Waals surface area contributed by atoms with Crippen molar-refractivity contribution in [2.24, 2.45) is 5.73 Å². The van der Waals surface area contributed by atoms with Crippen molar-refractivity contribution >= 4 is 28.9 Å². The maximum atomic E-state index is 10.5. The molecule has 0 saturated carbocycles. The van der Waals surface area contributed by atoms with Gasteiger partial charge in [0.2, 0.25) is 5.91 Å². The molecule has 1 aromatic rings. The molecule has 0 radical (unpaired) electrons.